The lowest BCUT2D eigenvalue weighted by atomic mass is 9.96. The van der Waals surface area contributed by atoms with Crippen LogP contribution in [0.4, 0.5) is 18.9 Å². The maximum Gasteiger partial charge on any atom is 0.253 e. The van der Waals surface area contributed by atoms with Crippen LogP contribution < -0.4 is 11.1 Å². The molecule has 0 saturated carbocycles. The summed E-state index contributed by atoms with van der Waals surface area (Å²) in [6, 6.07) is 6.39. The third-order valence-corrected chi connectivity index (χ3v) is 4.75. The van der Waals surface area contributed by atoms with Crippen molar-refractivity contribution >= 4 is 23.4 Å². The molecule has 1 heterocycles. The smallest absolute Gasteiger partial charge is 0.253 e. The fourth-order valence-corrected chi connectivity index (χ4v) is 3.22. The molecule has 1 atom stereocenters. The van der Waals surface area contributed by atoms with Crippen molar-refractivity contribution in [3.05, 3.63) is 65.0 Å². The number of nitrogens with two attached hydrogens (primary N) is 1. The summed E-state index contributed by atoms with van der Waals surface area (Å²) in [4.78, 5) is 37.8. The Balaban J connectivity index is 1.71. The number of likely N-dealkylation sites (tertiary alicyclic amines) is 1. The summed E-state index contributed by atoms with van der Waals surface area (Å²) >= 11 is 0. The molecule has 6 nitrogen and oxygen atoms in total. The zero-order valence-corrected chi connectivity index (χ0v) is 15.3. The highest BCUT2D eigenvalue weighted by Gasteiger charge is 2.29. The summed E-state index contributed by atoms with van der Waals surface area (Å²) in [5, 5.41) is 2.33. The van der Waals surface area contributed by atoms with Crippen molar-refractivity contribution in [2.45, 2.75) is 12.8 Å². The van der Waals surface area contributed by atoms with Crippen molar-refractivity contribution in [2.24, 2.45) is 11.7 Å². The highest BCUT2D eigenvalue weighted by Crippen LogP contribution is 2.23. The largest absolute Gasteiger partial charge is 0.366 e. The normalized spacial score (nSPS) is 16.4. The third-order valence-electron chi connectivity index (χ3n) is 4.75. The van der Waals surface area contributed by atoms with Crippen molar-refractivity contribution in [3.63, 3.8) is 0 Å². The SMILES string of the molecule is NC(=O)c1cc(NC(=O)C2CCCN(C(=O)c3ccc(F)cc3)C2)c(F)cc1F. The van der Waals surface area contributed by atoms with Gasteiger partial charge >= 0.3 is 0 Å². The van der Waals surface area contributed by atoms with Gasteiger partial charge in [0, 0.05) is 24.7 Å². The number of nitrogens with one attached hydrogen (secondary N) is 1. The maximum atomic E-state index is 14.0. The lowest BCUT2D eigenvalue weighted by Crippen LogP contribution is -2.43. The second-order valence-electron chi connectivity index (χ2n) is 6.76. The predicted molar refractivity (Wildman–Crippen MR) is 98.5 cm³/mol. The molecule has 0 bridgehead atoms. The van der Waals surface area contributed by atoms with Crippen LogP contribution in [0.3, 0.4) is 0 Å². The standard InChI is InChI=1S/C20H18F3N3O3/c21-13-5-3-11(4-6-13)20(29)26-7-1-2-12(10-26)19(28)25-17-8-14(18(24)27)15(22)9-16(17)23/h3-6,8-9,12H,1-2,7,10H2,(H2,24,27)(H,25,28). The number of halogens is 3. The zero-order chi connectivity index (χ0) is 21.1. The number of benzene rings is 2. The van der Waals surface area contributed by atoms with Gasteiger partial charge in [-0.1, -0.05) is 0 Å². The van der Waals surface area contributed by atoms with E-state index in [1.54, 1.807) is 0 Å². The van der Waals surface area contributed by atoms with E-state index in [9.17, 15) is 27.6 Å². The van der Waals surface area contributed by atoms with E-state index in [0.29, 0.717) is 31.0 Å². The molecule has 3 N–H and O–H groups in total. The minimum absolute atomic E-state index is 0.0908. The van der Waals surface area contributed by atoms with Crippen molar-refractivity contribution in [2.75, 3.05) is 18.4 Å². The van der Waals surface area contributed by atoms with Crippen molar-refractivity contribution < 1.29 is 27.6 Å². The highest BCUT2D eigenvalue weighted by molar-refractivity contribution is 5.98. The number of hydrogen-bond acceptors (Lipinski definition) is 3. The fraction of sp³-hybridized carbons (Fsp3) is 0.250. The molecular formula is C20H18F3N3O3. The average molecular weight is 405 g/mol. The van der Waals surface area contributed by atoms with Gasteiger partial charge in [0.1, 0.15) is 17.5 Å². The Kier molecular flexibility index (Phi) is 5.86. The first kappa shape index (κ1) is 20.4. The van der Waals surface area contributed by atoms with E-state index in [1.165, 1.54) is 29.2 Å². The molecule has 9 heteroatoms. The van der Waals surface area contributed by atoms with Crippen molar-refractivity contribution in [1.82, 2.24) is 4.90 Å². The number of piperidine rings is 1. The topological polar surface area (TPSA) is 92.5 Å². The number of rotatable bonds is 4. The predicted octanol–water partition coefficient (Wildman–Crippen LogP) is 2.69. The quantitative estimate of drug-likeness (QED) is 0.819. The molecule has 0 aromatic heterocycles. The molecule has 152 valence electrons. The van der Waals surface area contributed by atoms with E-state index in [0.717, 1.165) is 6.07 Å². The van der Waals surface area contributed by atoms with E-state index < -0.39 is 40.7 Å². The Bertz CT molecular complexity index is 963. The van der Waals surface area contributed by atoms with Crippen LogP contribution in [0.15, 0.2) is 36.4 Å². The summed E-state index contributed by atoms with van der Waals surface area (Å²) in [6.45, 7) is 0.518. The minimum Gasteiger partial charge on any atom is -0.366 e. The molecule has 1 unspecified atom stereocenters. The molecule has 1 saturated heterocycles. The molecule has 1 aliphatic rings. The van der Waals surface area contributed by atoms with E-state index in [1.807, 2.05) is 0 Å². The maximum absolute atomic E-state index is 14.0. The van der Waals surface area contributed by atoms with Gasteiger partial charge in [-0.3, -0.25) is 14.4 Å². The summed E-state index contributed by atoms with van der Waals surface area (Å²) < 4.78 is 40.6. The lowest BCUT2D eigenvalue weighted by molar-refractivity contribution is -0.121. The van der Waals surface area contributed by atoms with Crippen LogP contribution in [-0.4, -0.2) is 35.7 Å². The summed E-state index contributed by atoms with van der Waals surface area (Å²) in [5.74, 6) is -5.26. The van der Waals surface area contributed by atoms with Gasteiger partial charge < -0.3 is 16.0 Å². The number of nitrogens with zero attached hydrogens (tertiary/aromatic N) is 1. The molecule has 3 rings (SSSR count). The van der Waals surface area contributed by atoms with Gasteiger partial charge in [-0.2, -0.15) is 0 Å². The van der Waals surface area contributed by atoms with Gasteiger partial charge in [-0.15, -0.1) is 0 Å². The van der Waals surface area contributed by atoms with E-state index in [2.05, 4.69) is 5.32 Å². The average Bonchev–Trinajstić information content (AvgIpc) is 2.69. The number of amides is 3. The van der Waals surface area contributed by atoms with Gasteiger partial charge in [0.05, 0.1) is 17.2 Å². The molecule has 0 radical (unpaired) electrons. The van der Waals surface area contributed by atoms with Crippen molar-refractivity contribution in [3.8, 4) is 0 Å². The van der Waals surface area contributed by atoms with E-state index in [-0.39, 0.29) is 18.1 Å². The van der Waals surface area contributed by atoms with E-state index in [4.69, 9.17) is 5.73 Å². The molecule has 0 spiro atoms. The Morgan fingerprint density at radius 1 is 1.03 bits per heavy atom. The van der Waals surface area contributed by atoms with Gasteiger partial charge in [-0.25, -0.2) is 13.2 Å². The van der Waals surface area contributed by atoms with Gasteiger partial charge in [0.25, 0.3) is 11.8 Å². The van der Waals surface area contributed by atoms with Crippen molar-refractivity contribution in [1.29, 1.82) is 0 Å². The Morgan fingerprint density at radius 3 is 2.38 bits per heavy atom. The fourth-order valence-electron chi connectivity index (χ4n) is 3.22. The number of primary amides is 1. The highest BCUT2D eigenvalue weighted by atomic mass is 19.1. The van der Waals surface area contributed by atoms with Crippen LogP contribution in [0.1, 0.15) is 33.6 Å². The van der Waals surface area contributed by atoms with Gasteiger partial charge in [0.2, 0.25) is 5.91 Å². The van der Waals surface area contributed by atoms with Crippen LogP contribution in [-0.2, 0) is 4.79 Å². The lowest BCUT2D eigenvalue weighted by Gasteiger charge is -2.32. The third kappa shape index (κ3) is 4.56. The molecule has 1 aliphatic heterocycles. The van der Waals surface area contributed by atoms with Crippen LogP contribution in [0.5, 0.6) is 0 Å². The first-order valence-electron chi connectivity index (χ1n) is 8.91. The first-order valence-corrected chi connectivity index (χ1v) is 8.91. The Morgan fingerprint density at radius 2 is 1.72 bits per heavy atom. The molecule has 29 heavy (non-hydrogen) atoms. The Hall–Kier alpha value is -3.36. The molecule has 3 amide bonds. The van der Waals surface area contributed by atoms with Crippen LogP contribution in [0.2, 0.25) is 0 Å². The van der Waals surface area contributed by atoms with Crippen LogP contribution in [0, 0.1) is 23.4 Å². The number of carbonyl (C=O) groups is 3. The number of anilines is 1. The van der Waals surface area contributed by atoms with Gasteiger partial charge in [-0.05, 0) is 43.2 Å². The van der Waals surface area contributed by atoms with E-state index >= 15 is 0 Å². The molecular weight excluding hydrogens is 387 g/mol. The molecule has 0 aliphatic carbocycles. The number of carbonyl (C=O) groups excluding carboxylic acids is 3. The monoisotopic (exact) mass is 405 g/mol. The molecule has 2 aromatic rings. The van der Waals surface area contributed by atoms with Gasteiger partial charge in [0.15, 0.2) is 0 Å². The summed E-state index contributed by atoms with van der Waals surface area (Å²) in [6.07, 6.45) is 1.01. The summed E-state index contributed by atoms with van der Waals surface area (Å²) in [5.41, 5.74) is 4.42. The Labute approximate surface area is 164 Å². The number of hydrogen-bond donors (Lipinski definition) is 2. The zero-order valence-electron chi connectivity index (χ0n) is 15.3. The second-order valence-corrected chi connectivity index (χ2v) is 6.76. The molecule has 1 fully saturated rings. The molecule has 2 aromatic carbocycles. The second kappa shape index (κ2) is 8.34. The minimum atomic E-state index is -1.12. The summed E-state index contributed by atoms with van der Waals surface area (Å²) in [7, 11) is 0. The van der Waals surface area contributed by atoms with Crippen LogP contribution in [0.25, 0.3) is 0 Å². The van der Waals surface area contributed by atoms with Crippen LogP contribution >= 0.6 is 0 Å². The first-order chi connectivity index (χ1) is 13.8.